The summed E-state index contributed by atoms with van der Waals surface area (Å²) >= 11 is 0. The molecule has 2 amide bonds. The Hall–Kier alpha value is -2.83. The van der Waals surface area contributed by atoms with Gasteiger partial charge in [-0.2, -0.15) is 0 Å². The van der Waals surface area contributed by atoms with Crippen LogP contribution in [0.1, 0.15) is 25.7 Å². The Morgan fingerprint density at radius 2 is 1.80 bits per heavy atom. The fourth-order valence-electron chi connectivity index (χ4n) is 3.24. The number of hydrogen-bond donors (Lipinski definition) is 2. The Kier molecular flexibility index (Phi) is 4.74. The van der Waals surface area contributed by atoms with E-state index in [0.717, 1.165) is 0 Å². The van der Waals surface area contributed by atoms with E-state index in [-0.39, 0.29) is 24.0 Å². The molecule has 7 nitrogen and oxygen atoms in total. The number of amides is 2. The summed E-state index contributed by atoms with van der Waals surface area (Å²) in [5, 5.41) is 5.50. The maximum Gasteiger partial charge on any atom is 0.232 e. The molecule has 1 aromatic carbocycles. The molecule has 1 aromatic rings. The standard InChI is InChI=1S/C18H20N2O5/c1-24-11-6-10(7-12(8-11)25-2)19-18(23)13-9-16(22)20-14-4-3-5-15(21)17(13)14/h6-8,13H,3-5,9H2,1-2H3,(H,19,23)(H,20,22)/t13-/m1/s1. The second-order valence-electron chi connectivity index (χ2n) is 6.06. The highest BCUT2D eigenvalue weighted by Crippen LogP contribution is 2.33. The number of carbonyl (C=O) groups is 3. The number of allylic oxidation sites excluding steroid dienone is 1. The molecule has 3 rings (SSSR count). The van der Waals surface area contributed by atoms with Crippen LogP contribution in [0.15, 0.2) is 29.5 Å². The number of benzene rings is 1. The van der Waals surface area contributed by atoms with E-state index < -0.39 is 5.92 Å². The second kappa shape index (κ2) is 6.96. The first-order valence-electron chi connectivity index (χ1n) is 8.12. The zero-order valence-electron chi connectivity index (χ0n) is 14.2. The third kappa shape index (κ3) is 3.50. The van der Waals surface area contributed by atoms with Gasteiger partial charge in [0.25, 0.3) is 0 Å². The molecule has 0 unspecified atom stereocenters. The molecule has 1 heterocycles. The Morgan fingerprint density at radius 1 is 1.12 bits per heavy atom. The first-order chi connectivity index (χ1) is 12.0. The Balaban J connectivity index is 1.87. The summed E-state index contributed by atoms with van der Waals surface area (Å²) in [4.78, 5) is 36.9. The molecule has 1 aliphatic carbocycles. The molecule has 0 aromatic heterocycles. The molecule has 7 heteroatoms. The van der Waals surface area contributed by atoms with E-state index >= 15 is 0 Å². The van der Waals surface area contributed by atoms with Gasteiger partial charge < -0.3 is 20.1 Å². The van der Waals surface area contributed by atoms with E-state index in [1.807, 2.05) is 0 Å². The third-order valence-corrected chi connectivity index (χ3v) is 4.42. The molecule has 132 valence electrons. The third-order valence-electron chi connectivity index (χ3n) is 4.42. The lowest BCUT2D eigenvalue weighted by Crippen LogP contribution is -2.41. The van der Waals surface area contributed by atoms with Crippen LogP contribution >= 0.6 is 0 Å². The van der Waals surface area contributed by atoms with Gasteiger partial charge in [0.05, 0.1) is 20.1 Å². The minimum atomic E-state index is -0.770. The van der Waals surface area contributed by atoms with Crippen molar-refractivity contribution < 1.29 is 23.9 Å². The number of anilines is 1. The monoisotopic (exact) mass is 344 g/mol. The maximum atomic E-state index is 12.8. The lowest BCUT2D eigenvalue weighted by Gasteiger charge is -2.30. The van der Waals surface area contributed by atoms with Crippen molar-refractivity contribution in [3.05, 3.63) is 29.5 Å². The summed E-state index contributed by atoms with van der Waals surface area (Å²) in [7, 11) is 3.03. The van der Waals surface area contributed by atoms with E-state index in [0.29, 0.717) is 47.7 Å². The first kappa shape index (κ1) is 17.0. The molecule has 0 bridgehead atoms. The maximum absolute atomic E-state index is 12.8. The zero-order chi connectivity index (χ0) is 18.0. The molecule has 0 spiro atoms. The minimum absolute atomic E-state index is 0.0302. The summed E-state index contributed by atoms with van der Waals surface area (Å²) in [6.07, 6.45) is 1.69. The van der Waals surface area contributed by atoms with Gasteiger partial charge in [-0.1, -0.05) is 0 Å². The van der Waals surface area contributed by atoms with Crippen molar-refractivity contribution in [2.24, 2.45) is 5.92 Å². The van der Waals surface area contributed by atoms with Crippen LogP contribution < -0.4 is 20.1 Å². The SMILES string of the molecule is COc1cc(NC(=O)[C@@H]2CC(=O)NC3=C2C(=O)CCC3)cc(OC)c1. The van der Waals surface area contributed by atoms with Crippen molar-refractivity contribution in [3.63, 3.8) is 0 Å². The summed E-state index contributed by atoms with van der Waals surface area (Å²) in [5.74, 6) is -0.391. The molecule has 25 heavy (non-hydrogen) atoms. The molecule has 1 atom stereocenters. The van der Waals surface area contributed by atoms with Crippen LogP contribution in [-0.2, 0) is 14.4 Å². The summed E-state index contributed by atoms with van der Waals surface area (Å²) in [6.45, 7) is 0. The van der Waals surface area contributed by atoms with Crippen molar-refractivity contribution >= 4 is 23.3 Å². The average molecular weight is 344 g/mol. The Bertz CT molecular complexity index is 746. The van der Waals surface area contributed by atoms with Gasteiger partial charge in [0, 0.05) is 48.0 Å². The van der Waals surface area contributed by atoms with Crippen LogP contribution in [0.2, 0.25) is 0 Å². The predicted octanol–water partition coefficient (Wildman–Crippen LogP) is 1.79. The number of nitrogens with one attached hydrogen (secondary N) is 2. The van der Waals surface area contributed by atoms with Gasteiger partial charge >= 0.3 is 0 Å². The smallest absolute Gasteiger partial charge is 0.232 e. The van der Waals surface area contributed by atoms with Gasteiger partial charge in [-0.3, -0.25) is 14.4 Å². The average Bonchev–Trinajstić information content (AvgIpc) is 2.60. The van der Waals surface area contributed by atoms with Crippen LogP contribution in [0.25, 0.3) is 0 Å². The van der Waals surface area contributed by atoms with Crippen LogP contribution in [0, 0.1) is 5.92 Å². The van der Waals surface area contributed by atoms with Gasteiger partial charge in [0.15, 0.2) is 5.78 Å². The zero-order valence-corrected chi connectivity index (χ0v) is 14.2. The van der Waals surface area contributed by atoms with Crippen LogP contribution in [0.5, 0.6) is 11.5 Å². The number of rotatable bonds is 4. The van der Waals surface area contributed by atoms with Gasteiger partial charge in [-0.05, 0) is 12.8 Å². The predicted molar refractivity (Wildman–Crippen MR) is 90.3 cm³/mol. The summed E-state index contributed by atoms with van der Waals surface area (Å²) in [5.41, 5.74) is 1.52. The molecular weight excluding hydrogens is 324 g/mol. The van der Waals surface area contributed by atoms with Crippen molar-refractivity contribution in [2.75, 3.05) is 19.5 Å². The highest BCUT2D eigenvalue weighted by atomic mass is 16.5. The molecule has 2 aliphatic rings. The van der Waals surface area contributed by atoms with Gasteiger partial charge in [-0.25, -0.2) is 0 Å². The number of Topliss-reactive ketones (excluding diaryl/α,β-unsaturated/α-hetero) is 1. The lowest BCUT2D eigenvalue weighted by atomic mass is 9.81. The number of methoxy groups -OCH3 is 2. The summed E-state index contributed by atoms with van der Waals surface area (Å²) < 4.78 is 10.4. The fraction of sp³-hybridized carbons (Fsp3) is 0.389. The Morgan fingerprint density at radius 3 is 2.44 bits per heavy atom. The molecule has 0 fully saturated rings. The van der Waals surface area contributed by atoms with Crippen molar-refractivity contribution in [1.29, 1.82) is 0 Å². The molecule has 0 radical (unpaired) electrons. The molecule has 2 N–H and O–H groups in total. The Labute approximate surface area is 145 Å². The quantitative estimate of drug-likeness (QED) is 0.868. The first-order valence-corrected chi connectivity index (χ1v) is 8.12. The highest BCUT2D eigenvalue weighted by molar-refractivity contribution is 6.09. The van der Waals surface area contributed by atoms with Crippen molar-refractivity contribution in [1.82, 2.24) is 5.32 Å². The minimum Gasteiger partial charge on any atom is -0.497 e. The molecule has 0 saturated carbocycles. The molecule has 1 aliphatic heterocycles. The van der Waals surface area contributed by atoms with Gasteiger partial charge in [0.1, 0.15) is 11.5 Å². The molecule has 0 saturated heterocycles. The normalized spacial score (nSPS) is 19.8. The number of ketones is 1. The van der Waals surface area contributed by atoms with Crippen LogP contribution in [0.3, 0.4) is 0 Å². The number of hydrogen-bond acceptors (Lipinski definition) is 5. The molecular formula is C18H20N2O5. The van der Waals surface area contributed by atoms with Gasteiger partial charge in [-0.15, -0.1) is 0 Å². The fourth-order valence-corrected chi connectivity index (χ4v) is 3.24. The van der Waals surface area contributed by atoms with E-state index in [2.05, 4.69) is 10.6 Å². The summed E-state index contributed by atoms with van der Waals surface area (Å²) in [6, 6.07) is 5.00. The van der Waals surface area contributed by atoms with Crippen LogP contribution in [0.4, 0.5) is 5.69 Å². The highest BCUT2D eigenvalue weighted by Gasteiger charge is 2.37. The van der Waals surface area contributed by atoms with Crippen molar-refractivity contribution in [3.8, 4) is 11.5 Å². The number of ether oxygens (including phenoxy) is 2. The van der Waals surface area contributed by atoms with E-state index in [1.54, 1.807) is 18.2 Å². The second-order valence-corrected chi connectivity index (χ2v) is 6.06. The topological polar surface area (TPSA) is 93.7 Å². The van der Waals surface area contributed by atoms with E-state index in [1.165, 1.54) is 14.2 Å². The lowest BCUT2D eigenvalue weighted by molar-refractivity contribution is -0.128. The number of carbonyl (C=O) groups excluding carboxylic acids is 3. The largest absolute Gasteiger partial charge is 0.497 e. The van der Waals surface area contributed by atoms with Crippen LogP contribution in [-0.4, -0.2) is 31.8 Å². The van der Waals surface area contributed by atoms with Gasteiger partial charge in [0.2, 0.25) is 11.8 Å². The van der Waals surface area contributed by atoms with E-state index in [9.17, 15) is 14.4 Å². The van der Waals surface area contributed by atoms with Crippen molar-refractivity contribution in [2.45, 2.75) is 25.7 Å². The van der Waals surface area contributed by atoms with E-state index in [4.69, 9.17) is 9.47 Å².